The van der Waals surface area contributed by atoms with E-state index < -0.39 is 0 Å². The molecule has 1 amide bonds. The van der Waals surface area contributed by atoms with Crippen molar-refractivity contribution in [2.24, 2.45) is 0 Å². The SMILES string of the molecule is C[NH+]1CCN(C(=O)C=Cc2ccccc2Cl)CC1. The highest BCUT2D eigenvalue weighted by Gasteiger charge is 2.19. The van der Waals surface area contributed by atoms with Crippen LogP contribution >= 0.6 is 11.6 Å². The summed E-state index contributed by atoms with van der Waals surface area (Å²) >= 11 is 6.03. The Kier molecular flexibility index (Phi) is 4.39. The summed E-state index contributed by atoms with van der Waals surface area (Å²) in [4.78, 5) is 15.3. The topological polar surface area (TPSA) is 24.8 Å². The van der Waals surface area contributed by atoms with Crippen molar-refractivity contribution in [3.63, 3.8) is 0 Å². The maximum atomic E-state index is 12.0. The number of halogens is 1. The van der Waals surface area contributed by atoms with Gasteiger partial charge >= 0.3 is 0 Å². The van der Waals surface area contributed by atoms with Crippen LogP contribution in [0.4, 0.5) is 0 Å². The van der Waals surface area contributed by atoms with Gasteiger partial charge in [-0.25, -0.2) is 0 Å². The number of hydrogen-bond acceptors (Lipinski definition) is 1. The zero-order chi connectivity index (χ0) is 13.0. The van der Waals surface area contributed by atoms with Gasteiger partial charge in [0, 0.05) is 11.1 Å². The van der Waals surface area contributed by atoms with Crippen LogP contribution in [0.2, 0.25) is 5.02 Å². The third-order valence-corrected chi connectivity index (χ3v) is 3.58. The lowest BCUT2D eigenvalue weighted by molar-refractivity contribution is -0.883. The maximum absolute atomic E-state index is 12.0. The number of nitrogens with one attached hydrogen (secondary N) is 1. The number of benzene rings is 1. The summed E-state index contributed by atoms with van der Waals surface area (Å²) in [5.41, 5.74) is 0.882. The van der Waals surface area contributed by atoms with E-state index >= 15 is 0 Å². The number of rotatable bonds is 2. The Morgan fingerprint density at radius 3 is 2.67 bits per heavy atom. The van der Waals surface area contributed by atoms with E-state index in [-0.39, 0.29) is 5.91 Å². The minimum absolute atomic E-state index is 0.0717. The second-order valence-corrected chi connectivity index (χ2v) is 5.04. The third-order valence-electron chi connectivity index (χ3n) is 3.24. The molecule has 0 radical (unpaired) electrons. The van der Waals surface area contributed by atoms with E-state index in [1.165, 1.54) is 4.90 Å². The van der Waals surface area contributed by atoms with E-state index in [1.807, 2.05) is 29.2 Å². The number of carbonyl (C=O) groups excluding carboxylic acids is 1. The summed E-state index contributed by atoms with van der Waals surface area (Å²) in [6.45, 7) is 3.70. The number of quaternary nitrogens is 1. The van der Waals surface area contributed by atoms with Crippen LogP contribution in [0.25, 0.3) is 6.08 Å². The molecular weight excluding hydrogens is 248 g/mol. The fraction of sp³-hybridized carbons (Fsp3) is 0.357. The van der Waals surface area contributed by atoms with Crippen LogP contribution in [0.15, 0.2) is 30.3 Å². The van der Waals surface area contributed by atoms with E-state index in [2.05, 4.69) is 7.05 Å². The molecule has 0 aliphatic carbocycles. The van der Waals surface area contributed by atoms with Crippen LogP contribution in [-0.2, 0) is 4.79 Å². The lowest BCUT2D eigenvalue weighted by Crippen LogP contribution is -3.12. The van der Waals surface area contributed by atoms with Gasteiger partial charge in [0.15, 0.2) is 0 Å². The third kappa shape index (κ3) is 3.34. The van der Waals surface area contributed by atoms with Crippen LogP contribution in [0.5, 0.6) is 0 Å². The second-order valence-electron chi connectivity index (χ2n) is 4.64. The highest BCUT2D eigenvalue weighted by Crippen LogP contribution is 2.16. The maximum Gasteiger partial charge on any atom is 0.246 e. The zero-order valence-electron chi connectivity index (χ0n) is 10.5. The van der Waals surface area contributed by atoms with Crippen molar-refractivity contribution < 1.29 is 9.69 Å². The Hall–Kier alpha value is -1.32. The molecule has 0 unspecified atom stereocenters. The molecule has 0 bridgehead atoms. The van der Waals surface area contributed by atoms with Crippen molar-refractivity contribution in [2.75, 3.05) is 33.2 Å². The van der Waals surface area contributed by atoms with Crippen molar-refractivity contribution in [2.45, 2.75) is 0 Å². The van der Waals surface area contributed by atoms with Gasteiger partial charge in [-0.3, -0.25) is 4.79 Å². The summed E-state index contributed by atoms with van der Waals surface area (Å²) < 4.78 is 0. The molecule has 96 valence electrons. The van der Waals surface area contributed by atoms with Crippen molar-refractivity contribution in [3.05, 3.63) is 40.9 Å². The first kappa shape index (κ1) is 13.1. The van der Waals surface area contributed by atoms with Gasteiger partial charge in [0.2, 0.25) is 5.91 Å². The van der Waals surface area contributed by atoms with Gasteiger partial charge in [-0.15, -0.1) is 0 Å². The van der Waals surface area contributed by atoms with Gasteiger partial charge in [-0.1, -0.05) is 29.8 Å². The van der Waals surface area contributed by atoms with Gasteiger partial charge < -0.3 is 9.80 Å². The summed E-state index contributed by atoms with van der Waals surface area (Å²) in [5, 5.41) is 0.671. The minimum Gasteiger partial charge on any atom is -0.334 e. The van der Waals surface area contributed by atoms with Crippen molar-refractivity contribution in [1.82, 2.24) is 4.90 Å². The first-order valence-electron chi connectivity index (χ1n) is 6.19. The Morgan fingerprint density at radius 2 is 2.00 bits per heavy atom. The van der Waals surface area contributed by atoms with Crippen molar-refractivity contribution >= 4 is 23.6 Å². The van der Waals surface area contributed by atoms with Crippen molar-refractivity contribution in [3.8, 4) is 0 Å². The van der Waals surface area contributed by atoms with Crippen molar-refractivity contribution in [1.29, 1.82) is 0 Å². The normalized spacial score (nSPS) is 17.3. The Labute approximate surface area is 113 Å². The lowest BCUT2D eigenvalue weighted by Gasteiger charge is -2.29. The predicted octanol–water partition coefficient (Wildman–Crippen LogP) is 0.710. The van der Waals surface area contributed by atoms with Crippen LogP contribution in [0.1, 0.15) is 5.56 Å². The molecule has 18 heavy (non-hydrogen) atoms. The summed E-state index contributed by atoms with van der Waals surface area (Å²) in [7, 11) is 2.15. The molecular formula is C14H18ClN2O+. The van der Waals surface area contributed by atoms with Gasteiger partial charge in [0.1, 0.15) is 0 Å². The number of carbonyl (C=O) groups is 1. The number of likely N-dealkylation sites (N-methyl/N-ethyl adjacent to an activating group) is 1. The van der Waals surface area contributed by atoms with Gasteiger partial charge in [0.25, 0.3) is 0 Å². The molecule has 0 saturated carbocycles. The van der Waals surface area contributed by atoms with Gasteiger partial charge in [-0.05, 0) is 17.7 Å². The molecule has 1 aromatic carbocycles. The lowest BCUT2D eigenvalue weighted by atomic mass is 10.2. The highest BCUT2D eigenvalue weighted by molar-refractivity contribution is 6.32. The smallest absolute Gasteiger partial charge is 0.246 e. The van der Waals surface area contributed by atoms with E-state index in [4.69, 9.17) is 11.6 Å². The molecule has 3 nitrogen and oxygen atoms in total. The van der Waals surface area contributed by atoms with Crippen LogP contribution < -0.4 is 4.90 Å². The average Bonchev–Trinajstić information content (AvgIpc) is 2.38. The molecule has 0 aromatic heterocycles. The molecule has 2 rings (SSSR count). The first-order chi connectivity index (χ1) is 8.66. The molecule has 1 heterocycles. The molecule has 1 fully saturated rings. The summed E-state index contributed by atoms with van der Waals surface area (Å²) in [6, 6.07) is 7.52. The summed E-state index contributed by atoms with van der Waals surface area (Å²) in [6.07, 6.45) is 3.40. The molecule has 1 aliphatic heterocycles. The highest BCUT2D eigenvalue weighted by atomic mass is 35.5. The largest absolute Gasteiger partial charge is 0.334 e. The van der Waals surface area contributed by atoms with E-state index in [1.54, 1.807) is 12.2 Å². The Bertz CT molecular complexity index is 451. The van der Waals surface area contributed by atoms with E-state index in [9.17, 15) is 4.79 Å². The zero-order valence-corrected chi connectivity index (χ0v) is 11.3. The number of amides is 1. The van der Waals surface area contributed by atoms with Crippen LogP contribution in [-0.4, -0.2) is 44.0 Å². The van der Waals surface area contributed by atoms with Crippen LogP contribution in [0, 0.1) is 0 Å². The predicted molar refractivity (Wildman–Crippen MR) is 73.7 cm³/mol. The Morgan fingerprint density at radius 1 is 1.33 bits per heavy atom. The monoisotopic (exact) mass is 265 g/mol. The fourth-order valence-corrected chi connectivity index (χ4v) is 2.18. The fourth-order valence-electron chi connectivity index (χ4n) is 1.99. The Balaban J connectivity index is 1.97. The van der Waals surface area contributed by atoms with Gasteiger partial charge in [0.05, 0.1) is 33.2 Å². The van der Waals surface area contributed by atoms with Crippen LogP contribution in [0.3, 0.4) is 0 Å². The molecule has 0 atom stereocenters. The second kappa shape index (κ2) is 6.03. The minimum atomic E-state index is 0.0717. The molecule has 1 N–H and O–H groups in total. The first-order valence-corrected chi connectivity index (χ1v) is 6.57. The number of hydrogen-bond donors (Lipinski definition) is 1. The molecule has 0 spiro atoms. The number of piperazine rings is 1. The molecule has 4 heteroatoms. The average molecular weight is 266 g/mol. The standard InChI is InChI=1S/C14H17ClN2O/c1-16-8-10-17(11-9-16)14(18)7-6-12-4-2-3-5-13(12)15/h2-7H,8-11H2,1H3/p+1. The summed E-state index contributed by atoms with van der Waals surface area (Å²) in [5.74, 6) is 0.0717. The van der Waals surface area contributed by atoms with Gasteiger partial charge in [-0.2, -0.15) is 0 Å². The molecule has 1 saturated heterocycles. The quantitative estimate of drug-likeness (QED) is 0.783. The number of nitrogens with zero attached hydrogens (tertiary/aromatic N) is 1. The van der Waals surface area contributed by atoms with E-state index in [0.717, 1.165) is 31.7 Å². The molecule has 1 aromatic rings. The van der Waals surface area contributed by atoms with E-state index in [0.29, 0.717) is 5.02 Å². The molecule has 1 aliphatic rings.